The van der Waals surface area contributed by atoms with Crippen LogP contribution in [0.15, 0.2) is 29.3 Å². The van der Waals surface area contributed by atoms with Gasteiger partial charge in [-0.1, -0.05) is 50.3 Å². The molecule has 2 aromatic heterocycles. The van der Waals surface area contributed by atoms with E-state index in [4.69, 9.17) is 0 Å². The SMILES string of the molecule is CCc1nc2sc(C(C)C)nn2c1S(=O)(=O)NCc1ccccc1F. The second-order valence-electron chi connectivity index (χ2n) is 5.92. The van der Waals surface area contributed by atoms with Crippen LogP contribution < -0.4 is 4.72 Å². The summed E-state index contributed by atoms with van der Waals surface area (Å²) in [6.45, 7) is 5.69. The number of aromatic nitrogens is 3. The number of nitrogens with zero attached hydrogens (tertiary/aromatic N) is 3. The van der Waals surface area contributed by atoms with Gasteiger partial charge in [-0.15, -0.1) is 0 Å². The zero-order valence-corrected chi connectivity index (χ0v) is 15.8. The molecular formula is C16H19FN4O2S2. The topological polar surface area (TPSA) is 76.4 Å². The molecule has 0 aliphatic rings. The third kappa shape index (κ3) is 3.44. The van der Waals surface area contributed by atoms with Crippen LogP contribution in [0.4, 0.5) is 4.39 Å². The number of fused-ring (bicyclic) bond motifs is 1. The number of rotatable bonds is 6. The van der Waals surface area contributed by atoms with E-state index in [0.717, 1.165) is 5.01 Å². The van der Waals surface area contributed by atoms with E-state index in [1.807, 2.05) is 20.8 Å². The first kappa shape index (κ1) is 18.0. The fraction of sp³-hybridized carbons (Fsp3) is 0.375. The van der Waals surface area contributed by atoms with Crippen molar-refractivity contribution in [2.45, 2.75) is 44.7 Å². The van der Waals surface area contributed by atoms with Crippen LogP contribution in [0.3, 0.4) is 0 Å². The maximum absolute atomic E-state index is 13.7. The normalized spacial score (nSPS) is 12.4. The van der Waals surface area contributed by atoms with Gasteiger partial charge in [-0.05, 0) is 12.5 Å². The monoisotopic (exact) mass is 382 g/mol. The molecule has 0 aliphatic carbocycles. The molecule has 2 heterocycles. The van der Waals surface area contributed by atoms with Gasteiger partial charge < -0.3 is 0 Å². The fourth-order valence-corrected chi connectivity index (χ4v) is 4.72. The molecule has 25 heavy (non-hydrogen) atoms. The summed E-state index contributed by atoms with van der Waals surface area (Å²) in [7, 11) is -3.89. The molecule has 1 N–H and O–H groups in total. The van der Waals surface area contributed by atoms with Gasteiger partial charge in [-0.3, -0.25) is 0 Å². The Kier molecular flexibility index (Phi) is 4.90. The number of benzene rings is 1. The van der Waals surface area contributed by atoms with E-state index in [2.05, 4.69) is 14.8 Å². The van der Waals surface area contributed by atoms with Gasteiger partial charge >= 0.3 is 0 Å². The lowest BCUT2D eigenvalue weighted by atomic mass is 10.2. The van der Waals surface area contributed by atoms with Crippen molar-refractivity contribution in [1.82, 2.24) is 19.3 Å². The smallest absolute Gasteiger partial charge is 0.221 e. The average Bonchev–Trinajstić information content (AvgIpc) is 3.11. The number of nitrogens with one attached hydrogen (secondary N) is 1. The zero-order valence-electron chi connectivity index (χ0n) is 14.2. The number of imidazole rings is 1. The molecule has 3 rings (SSSR count). The zero-order chi connectivity index (χ0) is 18.2. The van der Waals surface area contributed by atoms with Gasteiger partial charge in [-0.2, -0.15) is 9.61 Å². The lowest BCUT2D eigenvalue weighted by Gasteiger charge is -2.08. The molecule has 0 radical (unpaired) electrons. The fourth-order valence-electron chi connectivity index (χ4n) is 2.40. The Morgan fingerprint density at radius 3 is 2.68 bits per heavy atom. The van der Waals surface area contributed by atoms with Gasteiger partial charge in [0, 0.05) is 18.0 Å². The molecule has 0 saturated heterocycles. The maximum Gasteiger partial charge on any atom is 0.260 e. The molecule has 0 spiro atoms. The number of sulfonamides is 1. The van der Waals surface area contributed by atoms with Crippen molar-refractivity contribution in [2.24, 2.45) is 0 Å². The molecule has 9 heteroatoms. The molecule has 134 valence electrons. The molecule has 6 nitrogen and oxygen atoms in total. The predicted octanol–water partition coefficient (Wildman–Crippen LogP) is 3.09. The lowest BCUT2D eigenvalue weighted by molar-refractivity contribution is 0.565. The van der Waals surface area contributed by atoms with Gasteiger partial charge in [-0.25, -0.2) is 22.5 Å². The summed E-state index contributed by atoms with van der Waals surface area (Å²) >= 11 is 1.38. The van der Waals surface area contributed by atoms with E-state index < -0.39 is 15.8 Å². The summed E-state index contributed by atoms with van der Waals surface area (Å²) in [6, 6.07) is 6.07. The molecule has 3 aromatic rings. The van der Waals surface area contributed by atoms with Crippen LogP contribution in [0, 0.1) is 5.82 Å². The summed E-state index contributed by atoms with van der Waals surface area (Å²) in [5.74, 6) is -0.270. The van der Waals surface area contributed by atoms with Crippen molar-refractivity contribution in [2.75, 3.05) is 0 Å². The molecule has 0 fully saturated rings. The van der Waals surface area contributed by atoms with Crippen LogP contribution in [0.1, 0.15) is 43.0 Å². The van der Waals surface area contributed by atoms with Crippen molar-refractivity contribution < 1.29 is 12.8 Å². The van der Waals surface area contributed by atoms with Crippen molar-refractivity contribution >= 4 is 26.3 Å². The number of hydrogen-bond acceptors (Lipinski definition) is 5. The highest BCUT2D eigenvalue weighted by Crippen LogP contribution is 2.26. The van der Waals surface area contributed by atoms with Crippen LogP contribution in [-0.2, 0) is 23.0 Å². The highest BCUT2D eigenvalue weighted by molar-refractivity contribution is 7.89. The van der Waals surface area contributed by atoms with E-state index in [1.165, 1.54) is 21.9 Å². The largest absolute Gasteiger partial charge is 0.260 e. The predicted molar refractivity (Wildman–Crippen MR) is 94.8 cm³/mol. The molecule has 0 unspecified atom stereocenters. The summed E-state index contributed by atoms with van der Waals surface area (Å²) in [5.41, 5.74) is 0.737. The summed E-state index contributed by atoms with van der Waals surface area (Å²) in [5, 5.41) is 5.25. The first-order valence-corrected chi connectivity index (χ1v) is 10.2. The Labute approximate surface area is 149 Å². The van der Waals surface area contributed by atoms with Crippen molar-refractivity contribution in [3.63, 3.8) is 0 Å². The lowest BCUT2D eigenvalue weighted by Crippen LogP contribution is -2.26. The molecule has 0 saturated carbocycles. The number of halogens is 1. The van der Waals surface area contributed by atoms with Gasteiger partial charge in [0.2, 0.25) is 4.96 Å². The minimum atomic E-state index is -3.89. The summed E-state index contributed by atoms with van der Waals surface area (Å²) in [6.07, 6.45) is 0.461. The van der Waals surface area contributed by atoms with E-state index in [1.54, 1.807) is 18.2 Å². The van der Waals surface area contributed by atoms with Crippen LogP contribution in [0.5, 0.6) is 0 Å². The molecule has 1 aromatic carbocycles. The third-order valence-electron chi connectivity index (χ3n) is 3.74. The minimum Gasteiger partial charge on any atom is -0.221 e. The van der Waals surface area contributed by atoms with E-state index >= 15 is 0 Å². The molecular weight excluding hydrogens is 363 g/mol. The van der Waals surface area contributed by atoms with Crippen LogP contribution in [0.2, 0.25) is 0 Å². The highest BCUT2D eigenvalue weighted by Gasteiger charge is 2.27. The van der Waals surface area contributed by atoms with Gasteiger partial charge in [0.25, 0.3) is 10.0 Å². The first-order valence-electron chi connectivity index (χ1n) is 7.95. The standard InChI is InChI=1S/C16H19FN4O2S2/c1-4-13-15(21-16(19-13)24-14(20-21)10(2)3)25(22,23)18-9-11-7-5-6-8-12(11)17/h5-8,10,18H,4,9H2,1-3H3. The van der Waals surface area contributed by atoms with Crippen molar-refractivity contribution in [3.05, 3.63) is 46.3 Å². The number of hydrogen-bond donors (Lipinski definition) is 1. The highest BCUT2D eigenvalue weighted by atomic mass is 32.2. The maximum atomic E-state index is 13.7. The Balaban J connectivity index is 1.99. The second kappa shape index (κ2) is 6.81. The summed E-state index contributed by atoms with van der Waals surface area (Å²) in [4.78, 5) is 4.95. The van der Waals surface area contributed by atoms with Gasteiger partial charge in [0.05, 0.1) is 5.69 Å². The summed E-state index contributed by atoms with van der Waals surface area (Å²) < 4.78 is 43.2. The van der Waals surface area contributed by atoms with Gasteiger partial charge in [0.15, 0.2) is 5.03 Å². The molecule has 0 bridgehead atoms. The molecule has 0 aliphatic heterocycles. The third-order valence-corrected chi connectivity index (χ3v) is 6.39. The molecule has 0 atom stereocenters. The Hall–Kier alpha value is -1.84. The van der Waals surface area contributed by atoms with E-state index in [0.29, 0.717) is 17.1 Å². The Bertz CT molecular complexity index is 1010. The Morgan fingerprint density at radius 1 is 1.32 bits per heavy atom. The van der Waals surface area contributed by atoms with E-state index in [9.17, 15) is 12.8 Å². The van der Waals surface area contributed by atoms with Crippen LogP contribution in [-0.4, -0.2) is 23.0 Å². The van der Waals surface area contributed by atoms with Gasteiger partial charge in [0.1, 0.15) is 10.8 Å². The average molecular weight is 382 g/mol. The van der Waals surface area contributed by atoms with Crippen molar-refractivity contribution in [3.8, 4) is 0 Å². The van der Waals surface area contributed by atoms with Crippen LogP contribution >= 0.6 is 11.3 Å². The van der Waals surface area contributed by atoms with Crippen LogP contribution in [0.25, 0.3) is 4.96 Å². The molecule has 0 amide bonds. The minimum absolute atomic E-state index is 0.0319. The Morgan fingerprint density at radius 2 is 2.04 bits per heavy atom. The first-order chi connectivity index (χ1) is 11.8. The quantitative estimate of drug-likeness (QED) is 0.711. The van der Waals surface area contributed by atoms with Crippen molar-refractivity contribution in [1.29, 1.82) is 0 Å². The van der Waals surface area contributed by atoms with E-state index in [-0.39, 0.29) is 23.1 Å². The number of aryl methyl sites for hydroxylation is 1. The second-order valence-corrected chi connectivity index (χ2v) is 8.59.